The van der Waals surface area contributed by atoms with Crippen molar-refractivity contribution >= 4 is 5.91 Å². The molecule has 1 aliphatic carbocycles. The van der Waals surface area contributed by atoms with Gasteiger partial charge in [-0.2, -0.15) is 0 Å². The molecule has 4 heteroatoms. The first-order chi connectivity index (χ1) is 8.09. The monoisotopic (exact) mass is 240 g/mol. The van der Waals surface area contributed by atoms with Gasteiger partial charge in [0.2, 0.25) is 5.91 Å². The van der Waals surface area contributed by atoms with Crippen LogP contribution in [0.15, 0.2) is 0 Å². The van der Waals surface area contributed by atoms with Crippen molar-refractivity contribution in [3.05, 3.63) is 0 Å². The molecular formula is C13H24N2O2. The summed E-state index contributed by atoms with van der Waals surface area (Å²) in [4.78, 5) is 14.6. The minimum atomic E-state index is 0.141. The predicted octanol–water partition coefficient (Wildman–Crippen LogP) is 1.14. The number of nitrogens with zero attached hydrogens (tertiary/aromatic N) is 1. The second-order valence-corrected chi connectivity index (χ2v) is 5.60. The molecular weight excluding hydrogens is 216 g/mol. The molecule has 0 bridgehead atoms. The van der Waals surface area contributed by atoms with E-state index in [2.05, 4.69) is 13.8 Å². The Bertz CT molecular complexity index is 273. The van der Waals surface area contributed by atoms with E-state index in [4.69, 9.17) is 10.5 Å². The Labute approximate surface area is 103 Å². The molecule has 0 aromatic rings. The molecule has 2 fully saturated rings. The van der Waals surface area contributed by atoms with Crippen LogP contribution in [0.25, 0.3) is 0 Å². The van der Waals surface area contributed by atoms with Crippen molar-refractivity contribution in [3.63, 3.8) is 0 Å². The van der Waals surface area contributed by atoms with Gasteiger partial charge < -0.3 is 15.4 Å². The lowest BCUT2D eigenvalue weighted by molar-refractivity contribution is -0.149. The number of carbonyl (C=O) groups is 1. The number of amides is 1. The molecule has 1 heterocycles. The zero-order valence-electron chi connectivity index (χ0n) is 10.9. The largest absolute Gasteiger partial charge is 0.377 e. The standard InChI is InChI=1S/C13H24N2O2/c1-9-7-17-8-10(2)15(9)13(16)11-4-3-5-12(14)6-11/h9-12H,3-8,14H2,1-2H3/t9-,10+,11-,12-/m0/s1. The van der Waals surface area contributed by atoms with E-state index < -0.39 is 0 Å². The van der Waals surface area contributed by atoms with E-state index >= 15 is 0 Å². The molecule has 0 unspecified atom stereocenters. The van der Waals surface area contributed by atoms with Crippen molar-refractivity contribution in [1.82, 2.24) is 4.90 Å². The van der Waals surface area contributed by atoms with Crippen LogP contribution in [0.3, 0.4) is 0 Å². The summed E-state index contributed by atoms with van der Waals surface area (Å²) >= 11 is 0. The van der Waals surface area contributed by atoms with Crippen molar-refractivity contribution < 1.29 is 9.53 Å². The molecule has 17 heavy (non-hydrogen) atoms. The third-order valence-corrected chi connectivity index (χ3v) is 3.99. The van der Waals surface area contributed by atoms with Crippen LogP contribution in [-0.2, 0) is 9.53 Å². The summed E-state index contributed by atoms with van der Waals surface area (Å²) in [6.07, 6.45) is 4.02. The maximum absolute atomic E-state index is 12.5. The Hall–Kier alpha value is -0.610. The van der Waals surface area contributed by atoms with Gasteiger partial charge >= 0.3 is 0 Å². The first-order valence-corrected chi connectivity index (χ1v) is 6.75. The fourth-order valence-electron chi connectivity index (χ4n) is 3.10. The Kier molecular flexibility index (Phi) is 4.05. The Morgan fingerprint density at radius 1 is 1.24 bits per heavy atom. The number of rotatable bonds is 1. The molecule has 4 nitrogen and oxygen atoms in total. The van der Waals surface area contributed by atoms with E-state index in [1.54, 1.807) is 0 Å². The van der Waals surface area contributed by atoms with Crippen LogP contribution < -0.4 is 5.73 Å². The lowest BCUT2D eigenvalue weighted by atomic mass is 9.84. The highest BCUT2D eigenvalue weighted by molar-refractivity contribution is 5.79. The minimum absolute atomic E-state index is 0.141. The number of hydrogen-bond donors (Lipinski definition) is 1. The average molecular weight is 240 g/mol. The van der Waals surface area contributed by atoms with Gasteiger partial charge in [0.15, 0.2) is 0 Å². The third kappa shape index (κ3) is 2.80. The lowest BCUT2D eigenvalue weighted by Crippen LogP contribution is -2.55. The summed E-state index contributed by atoms with van der Waals surface area (Å²) < 4.78 is 5.46. The van der Waals surface area contributed by atoms with Gasteiger partial charge in [0.1, 0.15) is 0 Å². The molecule has 2 rings (SSSR count). The molecule has 2 N–H and O–H groups in total. The molecule has 0 aromatic carbocycles. The van der Waals surface area contributed by atoms with E-state index in [0.717, 1.165) is 25.7 Å². The van der Waals surface area contributed by atoms with Crippen LogP contribution in [0.1, 0.15) is 39.5 Å². The van der Waals surface area contributed by atoms with Crippen LogP contribution in [0.2, 0.25) is 0 Å². The van der Waals surface area contributed by atoms with Gasteiger partial charge in [-0.15, -0.1) is 0 Å². The van der Waals surface area contributed by atoms with Gasteiger partial charge in [0.05, 0.1) is 25.3 Å². The summed E-state index contributed by atoms with van der Waals surface area (Å²) in [6, 6.07) is 0.609. The number of hydrogen-bond acceptors (Lipinski definition) is 3. The quantitative estimate of drug-likeness (QED) is 0.748. The third-order valence-electron chi connectivity index (χ3n) is 3.99. The molecule has 0 aromatic heterocycles. The van der Waals surface area contributed by atoms with Crippen LogP contribution in [0, 0.1) is 5.92 Å². The van der Waals surface area contributed by atoms with Crippen LogP contribution >= 0.6 is 0 Å². The highest BCUT2D eigenvalue weighted by atomic mass is 16.5. The van der Waals surface area contributed by atoms with Crippen molar-refractivity contribution in [2.24, 2.45) is 11.7 Å². The molecule has 98 valence electrons. The van der Waals surface area contributed by atoms with Crippen molar-refractivity contribution in [1.29, 1.82) is 0 Å². The van der Waals surface area contributed by atoms with Crippen LogP contribution in [0.5, 0.6) is 0 Å². The maximum atomic E-state index is 12.5. The summed E-state index contributed by atoms with van der Waals surface area (Å²) in [5, 5.41) is 0. The van der Waals surface area contributed by atoms with Crippen molar-refractivity contribution in [2.45, 2.75) is 57.7 Å². The highest BCUT2D eigenvalue weighted by Gasteiger charge is 2.35. The molecule has 1 saturated heterocycles. The first-order valence-electron chi connectivity index (χ1n) is 6.75. The summed E-state index contributed by atoms with van der Waals surface area (Å²) in [7, 11) is 0. The average Bonchev–Trinajstić information content (AvgIpc) is 2.28. The van der Waals surface area contributed by atoms with Gasteiger partial charge in [-0.1, -0.05) is 6.42 Å². The fraction of sp³-hybridized carbons (Fsp3) is 0.923. The molecule has 0 radical (unpaired) electrons. The Morgan fingerprint density at radius 3 is 2.47 bits per heavy atom. The van der Waals surface area contributed by atoms with Gasteiger partial charge in [0, 0.05) is 12.0 Å². The minimum Gasteiger partial charge on any atom is -0.377 e. The van der Waals surface area contributed by atoms with E-state index in [0.29, 0.717) is 19.1 Å². The molecule has 0 spiro atoms. The smallest absolute Gasteiger partial charge is 0.226 e. The van der Waals surface area contributed by atoms with E-state index in [-0.39, 0.29) is 24.0 Å². The number of morpholine rings is 1. The summed E-state index contributed by atoms with van der Waals surface area (Å²) in [5.41, 5.74) is 5.97. The van der Waals surface area contributed by atoms with E-state index in [1.807, 2.05) is 4.90 Å². The predicted molar refractivity (Wildman–Crippen MR) is 66.5 cm³/mol. The van der Waals surface area contributed by atoms with E-state index in [1.165, 1.54) is 0 Å². The maximum Gasteiger partial charge on any atom is 0.226 e. The molecule has 1 aliphatic heterocycles. The van der Waals surface area contributed by atoms with Crippen LogP contribution in [0.4, 0.5) is 0 Å². The zero-order valence-corrected chi connectivity index (χ0v) is 10.9. The zero-order chi connectivity index (χ0) is 12.4. The van der Waals surface area contributed by atoms with Gasteiger partial charge in [0.25, 0.3) is 0 Å². The normalized spacial score (nSPS) is 39.1. The highest BCUT2D eigenvalue weighted by Crippen LogP contribution is 2.27. The van der Waals surface area contributed by atoms with Crippen LogP contribution in [-0.4, -0.2) is 42.1 Å². The summed E-state index contributed by atoms with van der Waals surface area (Å²) in [5.74, 6) is 0.435. The molecule has 2 aliphatic rings. The van der Waals surface area contributed by atoms with Gasteiger partial charge in [-0.05, 0) is 33.1 Å². The van der Waals surface area contributed by atoms with Crippen molar-refractivity contribution in [2.75, 3.05) is 13.2 Å². The van der Waals surface area contributed by atoms with Gasteiger partial charge in [-0.3, -0.25) is 4.79 Å². The fourth-order valence-corrected chi connectivity index (χ4v) is 3.10. The second kappa shape index (κ2) is 5.36. The summed E-state index contributed by atoms with van der Waals surface area (Å²) in [6.45, 7) is 5.45. The van der Waals surface area contributed by atoms with E-state index in [9.17, 15) is 4.79 Å². The molecule has 4 atom stereocenters. The first kappa shape index (κ1) is 12.8. The second-order valence-electron chi connectivity index (χ2n) is 5.60. The Balaban J connectivity index is 2.02. The Morgan fingerprint density at radius 2 is 1.88 bits per heavy atom. The van der Waals surface area contributed by atoms with Gasteiger partial charge in [-0.25, -0.2) is 0 Å². The molecule has 1 saturated carbocycles. The van der Waals surface area contributed by atoms with Crippen molar-refractivity contribution in [3.8, 4) is 0 Å². The topological polar surface area (TPSA) is 55.6 Å². The lowest BCUT2D eigenvalue weighted by Gasteiger charge is -2.41. The number of carbonyl (C=O) groups excluding carboxylic acids is 1. The molecule has 1 amide bonds. The SMILES string of the molecule is C[C@@H]1COC[C@H](C)N1C(=O)[C@H]1CCC[C@H](N)C1. The number of ether oxygens (including phenoxy) is 1. The number of nitrogens with two attached hydrogens (primary N) is 1.